The number of carbonyl (C=O) groups is 1. The average Bonchev–Trinajstić information content (AvgIpc) is 2.79. The molecular formula is C23H20F5N3O2. The zero-order chi connectivity index (χ0) is 24.3. The lowest BCUT2D eigenvalue weighted by atomic mass is 9.96. The summed E-state index contributed by atoms with van der Waals surface area (Å²) < 4.78 is 71.6. The van der Waals surface area contributed by atoms with Crippen molar-refractivity contribution in [3.8, 4) is 11.1 Å². The van der Waals surface area contributed by atoms with Gasteiger partial charge in [0.15, 0.2) is 11.6 Å². The summed E-state index contributed by atoms with van der Waals surface area (Å²) in [6.07, 6.45) is -0.984. The maximum Gasteiger partial charge on any atom is 0.294 e. The van der Waals surface area contributed by atoms with Crippen LogP contribution in [0, 0.1) is 17.5 Å². The first-order valence-corrected chi connectivity index (χ1v) is 9.88. The van der Waals surface area contributed by atoms with Gasteiger partial charge in [-0.1, -0.05) is 31.2 Å². The van der Waals surface area contributed by atoms with E-state index in [4.69, 9.17) is 5.73 Å². The van der Waals surface area contributed by atoms with Gasteiger partial charge in [-0.15, -0.1) is 0 Å². The highest BCUT2D eigenvalue weighted by Gasteiger charge is 2.40. The predicted molar refractivity (Wildman–Crippen MR) is 112 cm³/mol. The molecule has 174 valence electrons. The zero-order valence-electron chi connectivity index (χ0n) is 17.4. The number of nitrogens with zero attached hydrogens (tertiary/aromatic N) is 1. The number of nitrogens with one attached hydrogen (secondary N) is 1. The number of anilines is 1. The Kier molecular flexibility index (Phi) is 6.97. The number of pyridine rings is 1. The number of aliphatic hydroxyl groups is 1. The smallest absolute Gasteiger partial charge is 0.294 e. The molecular weight excluding hydrogens is 445 g/mol. The summed E-state index contributed by atoms with van der Waals surface area (Å²) in [4.78, 5) is 16.2. The Bertz CT molecular complexity index is 1170. The Hall–Kier alpha value is -3.53. The van der Waals surface area contributed by atoms with Crippen LogP contribution in [0.4, 0.5) is 27.8 Å². The van der Waals surface area contributed by atoms with E-state index < -0.39 is 53.3 Å². The quantitative estimate of drug-likeness (QED) is 0.451. The van der Waals surface area contributed by atoms with Crippen molar-refractivity contribution < 1.29 is 31.9 Å². The summed E-state index contributed by atoms with van der Waals surface area (Å²) in [5, 5.41) is 11.9. The van der Waals surface area contributed by atoms with E-state index in [9.17, 15) is 27.5 Å². The summed E-state index contributed by atoms with van der Waals surface area (Å²) in [5.41, 5.74) is 4.31. The molecule has 2 aromatic carbocycles. The molecule has 0 aliphatic rings. The van der Waals surface area contributed by atoms with E-state index in [1.54, 1.807) is 6.92 Å². The third-order valence-corrected chi connectivity index (χ3v) is 5.11. The van der Waals surface area contributed by atoms with E-state index >= 15 is 4.39 Å². The molecule has 10 heteroatoms. The molecule has 1 aromatic heterocycles. The van der Waals surface area contributed by atoms with E-state index in [1.807, 2.05) is 5.32 Å². The van der Waals surface area contributed by atoms with Crippen LogP contribution in [0.25, 0.3) is 11.1 Å². The highest BCUT2D eigenvalue weighted by molar-refractivity contribution is 5.97. The molecule has 1 heterocycles. The van der Waals surface area contributed by atoms with Gasteiger partial charge in [0.25, 0.3) is 11.8 Å². The van der Waals surface area contributed by atoms with Gasteiger partial charge in [0, 0.05) is 17.3 Å². The number of nitrogen functional groups attached to an aromatic ring is 1. The van der Waals surface area contributed by atoms with Gasteiger partial charge >= 0.3 is 0 Å². The summed E-state index contributed by atoms with van der Waals surface area (Å²) in [6, 6.07) is 7.61. The first-order chi connectivity index (χ1) is 15.6. The van der Waals surface area contributed by atoms with Crippen LogP contribution >= 0.6 is 0 Å². The van der Waals surface area contributed by atoms with Gasteiger partial charge in [0.1, 0.15) is 17.7 Å². The molecule has 33 heavy (non-hydrogen) atoms. The van der Waals surface area contributed by atoms with Crippen LogP contribution in [0.5, 0.6) is 0 Å². The minimum Gasteiger partial charge on any atom is -0.382 e. The number of hydrogen-bond donors (Lipinski definition) is 3. The summed E-state index contributed by atoms with van der Waals surface area (Å²) >= 11 is 0. The van der Waals surface area contributed by atoms with Crippen molar-refractivity contribution in [3.05, 3.63) is 82.8 Å². The number of hydrogen-bond acceptors (Lipinski definition) is 4. The fourth-order valence-corrected chi connectivity index (χ4v) is 3.30. The van der Waals surface area contributed by atoms with E-state index in [-0.39, 0.29) is 28.7 Å². The molecule has 0 aliphatic heterocycles. The maximum atomic E-state index is 15.3. The minimum atomic E-state index is -3.85. The third-order valence-electron chi connectivity index (χ3n) is 5.11. The molecule has 5 nitrogen and oxygen atoms in total. The molecule has 1 amide bonds. The molecule has 0 spiro atoms. The zero-order valence-corrected chi connectivity index (χ0v) is 17.4. The van der Waals surface area contributed by atoms with Gasteiger partial charge in [-0.3, -0.25) is 4.79 Å². The molecule has 3 rings (SSSR count). The highest BCUT2D eigenvalue weighted by Crippen LogP contribution is 2.33. The monoisotopic (exact) mass is 465 g/mol. The van der Waals surface area contributed by atoms with Gasteiger partial charge in [-0.05, 0) is 35.7 Å². The maximum absolute atomic E-state index is 15.3. The van der Waals surface area contributed by atoms with Crippen LogP contribution in [0.3, 0.4) is 0 Å². The van der Waals surface area contributed by atoms with Crippen molar-refractivity contribution >= 4 is 11.7 Å². The summed E-state index contributed by atoms with van der Waals surface area (Å²) in [6.45, 7) is 0.302. The van der Waals surface area contributed by atoms with Gasteiger partial charge in [-0.2, -0.15) is 0 Å². The van der Waals surface area contributed by atoms with E-state index in [0.717, 1.165) is 30.5 Å². The fraction of sp³-hybridized carbons (Fsp3) is 0.217. The number of aryl methyl sites for hydroxylation is 1. The normalized spacial score (nSPS) is 12.5. The van der Waals surface area contributed by atoms with Gasteiger partial charge in [0.05, 0.1) is 12.1 Å². The van der Waals surface area contributed by atoms with E-state index in [0.29, 0.717) is 0 Å². The van der Waals surface area contributed by atoms with E-state index in [1.165, 1.54) is 18.2 Å². The van der Waals surface area contributed by atoms with E-state index in [2.05, 4.69) is 4.98 Å². The Morgan fingerprint density at radius 1 is 1.06 bits per heavy atom. The molecule has 0 fully saturated rings. The second-order valence-electron chi connectivity index (χ2n) is 7.27. The first-order valence-electron chi connectivity index (χ1n) is 9.88. The predicted octanol–water partition coefficient (Wildman–Crippen LogP) is 4.41. The first kappa shape index (κ1) is 24.1. The van der Waals surface area contributed by atoms with Crippen molar-refractivity contribution in [1.82, 2.24) is 10.3 Å². The molecule has 0 saturated heterocycles. The van der Waals surface area contributed by atoms with Crippen LogP contribution in [0.15, 0.2) is 48.7 Å². The summed E-state index contributed by atoms with van der Waals surface area (Å²) in [5.74, 6) is -8.25. The van der Waals surface area contributed by atoms with Crippen molar-refractivity contribution in [2.45, 2.75) is 25.4 Å². The molecule has 1 atom stereocenters. The van der Waals surface area contributed by atoms with Crippen LogP contribution < -0.4 is 11.1 Å². The molecule has 3 aromatic rings. The highest BCUT2D eigenvalue weighted by atomic mass is 19.3. The molecule has 0 radical (unpaired) electrons. The Labute approximate surface area is 186 Å². The molecule has 1 unspecified atom stereocenters. The van der Waals surface area contributed by atoms with Crippen molar-refractivity contribution in [1.29, 1.82) is 0 Å². The Morgan fingerprint density at radius 3 is 2.33 bits per heavy atom. The minimum absolute atomic E-state index is 0.190. The van der Waals surface area contributed by atoms with Crippen LogP contribution in [-0.2, 0) is 6.42 Å². The number of aromatic nitrogens is 1. The van der Waals surface area contributed by atoms with Crippen molar-refractivity contribution in [3.63, 3.8) is 0 Å². The van der Waals surface area contributed by atoms with Gasteiger partial charge < -0.3 is 16.2 Å². The Balaban J connectivity index is 1.88. The molecule has 0 saturated carbocycles. The second-order valence-corrected chi connectivity index (χ2v) is 7.27. The van der Waals surface area contributed by atoms with Crippen molar-refractivity contribution in [2.24, 2.45) is 0 Å². The number of halogens is 5. The van der Waals surface area contributed by atoms with Crippen LogP contribution in [-0.4, -0.2) is 28.5 Å². The second kappa shape index (κ2) is 9.53. The number of carbonyl (C=O) groups excluding carboxylic acids is 1. The number of benzene rings is 2. The molecule has 0 aliphatic carbocycles. The van der Waals surface area contributed by atoms with Gasteiger partial charge in [0.2, 0.25) is 0 Å². The number of aliphatic hydroxyl groups excluding tert-OH is 1. The standard InChI is InChI=1S/C23H20F5N3O2/c1-2-12-5-8-15(16-9-10-30-21(29)19(16)26)18(25)17(12)22(33)31-11-23(27,28)20(32)13-3-6-14(24)7-4-13/h3-10,20,32H,2,11H2,1H3,(H2,29,30)(H,31,33). The SMILES string of the molecule is CCc1ccc(-c2ccnc(N)c2F)c(F)c1C(=O)NCC(F)(F)C(O)c1ccc(F)cc1. The van der Waals surface area contributed by atoms with Gasteiger partial charge in [-0.25, -0.2) is 26.9 Å². The molecule has 4 N–H and O–H groups in total. The Morgan fingerprint density at radius 2 is 1.70 bits per heavy atom. The van der Waals surface area contributed by atoms with Crippen molar-refractivity contribution in [2.75, 3.05) is 12.3 Å². The molecule has 0 bridgehead atoms. The average molecular weight is 465 g/mol. The lowest BCUT2D eigenvalue weighted by Gasteiger charge is -2.23. The lowest BCUT2D eigenvalue weighted by Crippen LogP contribution is -2.41. The summed E-state index contributed by atoms with van der Waals surface area (Å²) in [7, 11) is 0. The largest absolute Gasteiger partial charge is 0.382 e. The fourth-order valence-electron chi connectivity index (χ4n) is 3.30. The topological polar surface area (TPSA) is 88.2 Å². The number of alkyl halides is 2. The number of nitrogens with two attached hydrogens (primary N) is 1. The van der Waals surface area contributed by atoms with Crippen LogP contribution in [0.1, 0.15) is 34.5 Å². The number of amides is 1. The lowest BCUT2D eigenvalue weighted by molar-refractivity contribution is -0.106. The third kappa shape index (κ3) is 4.95. The van der Waals surface area contributed by atoms with Crippen LogP contribution in [0.2, 0.25) is 0 Å². The number of rotatable bonds is 7.